The lowest BCUT2D eigenvalue weighted by Gasteiger charge is -2.24. The van der Waals surface area contributed by atoms with E-state index in [9.17, 15) is 9.90 Å². The van der Waals surface area contributed by atoms with Gasteiger partial charge < -0.3 is 10.4 Å². The molecule has 40 heavy (non-hydrogen) atoms. The number of aliphatic hydroxyl groups is 1. The highest BCUT2D eigenvalue weighted by Gasteiger charge is 2.20. The fourth-order valence-corrected chi connectivity index (χ4v) is 5.67. The Bertz CT molecular complexity index is 544. The van der Waals surface area contributed by atoms with E-state index >= 15 is 0 Å². The van der Waals surface area contributed by atoms with Crippen molar-refractivity contribution in [3.63, 3.8) is 0 Å². The molecule has 0 aromatic carbocycles. The molecule has 0 aliphatic carbocycles. The number of amides is 1. The normalized spacial score (nSPS) is 13.3. The van der Waals surface area contributed by atoms with E-state index in [0.717, 1.165) is 25.7 Å². The van der Waals surface area contributed by atoms with E-state index in [-0.39, 0.29) is 11.9 Å². The highest BCUT2D eigenvalue weighted by atomic mass is 16.3. The van der Waals surface area contributed by atoms with Gasteiger partial charge in [-0.25, -0.2) is 0 Å². The quantitative estimate of drug-likeness (QED) is 0.0651. The third-order valence-corrected chi connectivity index (χ3v) is 8.30. The Balaban J connectivity index is 3.87. The largest absolute Gasteiger partial charge is 0.387 e. The number of aliphatic hydroxyl groups excluding tert-OH is 1. The van der Waals surface area contributed by atoms with Gasteiger partial charge in [0, 0.05) is 6.42 Å². The standard InChI is InChI=1S/C37H73NO2/c1-5-7-9-11-13-15-17-19-21-23-25-27-29-31-36(39)35(33-34(3)4)38-37(40)32-30-28-26-24-22-20-18-16-14-12-10-8-6-2/h29,31,34-36,39H,5-28,30,32-33H2,1-4H3,(H,38,40)/b31-29+/t35-,36+/m1/s1. The molecule has 2 atom stereocenters. The first kappa shape index (κ1) is 39.2. The van der Waals surface area contributed by atoms with Gasteiger partial charge in [-0.1, -0.05) is 181 Å². The van der Waals surface area contributed by atoms with Crippen LogP contribution in [0.4, 0.5) is 0 Å². The van der Waals surface area contributed by atoms with E-state index in [4.69, 9.17) is 0 Å². The molecule has 1 amide bonds. The highest BCUT2D eigenvalue weighted by Crippen LogP contribution is 2.15. The lowest BCUT2D eigenvalue weighted by atomic mass is 9.98. The molecule has 0 aliphatic rings. The number of carbonyl (C=O) groups excluding carboxylic acids is 1. The average Bonchev–Trinajstić information content (AvgIpc) is 2.93. The molecular formula is C37H73NO2. The van der Waals surface area contributed by atoms with Crippen LogP contribution in [0.5, 0.6) is 0 Å². The first-order chi connectivity index (χ1) is 19.5. The molecule has 0 aromatic heterocycles. The number of nitrogens with one attached hydrogen (secondary N) is 1. The Hall–Kier alpha value is -0.830. The second-order valence-electron chi connectivity index (χ2n) is 13.0. The van der Waals surface area contributed by atoms with E-state index < -0.39 is 6.10 Å². The molecule has 0 aromatic rings. The van der Waals surface area contributed by atoms with Gasteiger partial charge in [0.25, 0.3) is 0 Å². The van der Waals surface area contributed by atoms with Crippen LogP contribution in [0.3, 0.4) is 0 Å². The fraction of sp³-hybridized carbons (Fsp3) is 0.919. The number of carbonyl (C=O) groups is 1. The summed E-state index contributed by atoms with van der Waals surface area (Å²) >= 11 is 0. The van der Waals surface area contributed by atoms with Gasteiger partial charge in [0.1, 0.15) is 0 Å². The van der Waals surface area contributed by atoms with Gasteiger partial charge in [0.15, 0.2) is 0 Å². The van der Waals surface area contributed by atoms with Gasteiger partial charge in [-0.15, -0.1) is 0 Å². The predicted octanol–water partition coefficient (Wildman–Crippen LogP) is 11.6. The van der Waals surface area contributed by atoms with Crippen LogP contribution in [0.2, 0.25) is 0 Å². The second-order valence-corrected chi connectivity index (χ2v) is 13.0. The highest BCUT2D eigenvalue weighted by molar-refractivity contribution is 5.76. The SMILES string of the molecule is CCCCCCCCCCCCC/C=C/[C@H](O)[C@@H](CC(C)C)NC(=O)CCCCCCCCCCCCCCC. The van der Waals surface area contributed by atoms with Gasteiger partial charge in [0.2, 0.25) is 5.91 Å². The molecule has 0 radical (unpaired) electrons. The summed E-state index contributed by atoms with van der Waals surface area (Å²) in [5.74, 6) is 0.544. The summed E-state index contributed by atoms with van der Waals surface area (Å²) in [6.45, 7) is 8.88. The zero-order chi connectivity index (χ0) is 29.5. The van der Waals surface area contributed by atoms with Gasteiger partial charge in [-0.05, 0) is 31.6 Å². The number of unbranched alkanes of at least 4 members (excludes halogenated alkanes) is 23. The molecule has 0 bridgehead atoms. The van der Waals surface area contributed by atoms with Crippen molar-refractivity contribution in [3.8, 4) is 0 Å². The molecule has 238 valence electrons. The topological polar surface area (TPSA) is 49.3 Å². The van der Waals surface area contributed by atoms with E-state index in [0.29, 0.717) is 12.3 Å². The maximum Gasteiger partial charge on any atom is 0.220 e. The van der Waals surface area contributed by atoms with Gasteiger partial charge >= 0.3 is 0 Å². The molecule has 0 heterocycles. The van der Waals surface area contributed by atoms with Crippen molar-refractivity contribution in [3.05, 3.63) is 12.2 Å². The zero-order valence-electron chi connectivity index (χ0n) is 27.8. The minimum atomic E-state index is -0.592. The summed E-state index contributed by atoms with van der Waals surface area (Å²) in [6.07, 6.45) is 37.9. The summed E-state index contributed by atoms with van der Waals surface area (Å²) in [5, 5.41) is 13.9. The molecule has 0 unspecified atom stereocenters. The summed E-state index contributed by atoms with van der Waals surface area (Å²) in [4.78, 5) is 12.6. The number of hydrogen-bond donors (Lipinski definition) is 2. The van der Waals surface area contributed by atoms with Crippen LogP contribution in [-0.2, 0) is 4.79 Å². The molecule has 0 aliphatic heterocycles. The maximum atomic E-state index is 12.6. The zero-order valence-corrected chi connectivity index (χ0v) is 27.8. The van der Waals surface area contributed by atoms with Gasteiger partial charge in [-0.3, -0.25) is 4.79 Å². The summed E-state index contributed by atoms with van der Waals surface area (Å²) < 4.78 is 0. The van der Waals surface area contributed by atoms with Gasteiger partial charge in [0.05, 0.1) is 12.1 Å². The fourth-order valence-electron chi connectivity index (χ4n) is 5.67. The Kier molecular flexibility index (Phi) is 30.5. The van der Waals surface area contributed by atoms with E-state index in [1.807, 2.05) is 6.08 Å². The summed E-state index contributed by atoms with van der Waals surface area (Å²) in [5.41, 5.74) is 0. The maximum absolute atomic E-state index is 12.6. The third kappa shape index (κ3) is 28.7. The van der Waals surface area contributed by atoms with Crippen LogP contribution >= 0.6 is 0 Å². The molecule has 0 fully saturated rings. The van der Waals surface area contributed by atoms with E-state index in [1.54, 1.807) is 0 Å². The number of rotatable bonds is 31. The van der Waals surface area contributed by atoms with Crippen molar-refractivity contribution in [2.75, 3.05) is 0 Å². The first-order valence-corrected chi connectivity index (χ1v) is 18.1. The molecule has 0 saturated carbocycles. The average molecular weight is 564 g/mol. The first-order valence-electron chi connectivity index (χ1n) is 18.1. The minimum absolute atomic E-state index is 0.103. The van der Waals surface area contributed by atoms with Crippen molar-refractivity contribution in [1.29, 1.82) is 0 Å². The Morgan fingerprint density at radius 3 is 1.38 bits per heavy atom. The Labute approximate surface area is 252 Å². The van der Waals surface area contributed by atoms with Crippen molar-refractivity contribution in [1.82, 2.24) is 5.32 Å². The third-order valence-electron chi connectivity index (χ3n) is 8.30. The van der Waals surface area contributed by atoms with Crippen molar-refractivity contribution < 1.29 is 9.90 Å². The second kappa shape index (κ2) is 31.1. The molecule has 0 saturated heterocycles. The molecular weight excluding hydrogens is 490 g/mol. The molecule has 3 nitrogen and oxygen atoms in total. The molecule has 0 spiro atoms. The number of hydrogen-bond acceptors (Lipinski definition) is 2. The smallest absolute Gasteiger partial charge is 0.220 e. The molecule has 0 rings (SSSR count). The van der Waals surface area contributed by atoms with Crippen LogP contribution in [-0.4, -0.2) is 23.2 Å². The number of allylic oxidation sites excluding steroid dienone is 1. The van der Waals surface area contributed by atoms with Crippen LogP contribution in [0.15, 0.2) is 12.2 Å². The van der Waals surface area contributed by atoms with Crippen LogP contribution in [0, 0.1) is 5.92 Å². The summed E-state index contributed by atoms with van der Waals surface area (Å²) in [6, 6.07) is -0.178. The summed E-state index contributed by atoms with van der Waals surface area (Å²) in [7, 11) is 0. The van der Waals surface area contributed by atoms with E-state index in [2.05, 4.69) is 39.1 Å². The Morgan fingerprint density at radius 1 is 0.600 bits per heavy atom. The lowest BCUT2D eigenvalue weighted by molar-refractivity contribution is -0.122. The molecule has 2 N–H and O–H groups in total. The van der Waals surface area contributed by atoms with Crippen molar-refractivity contribution >= 4 is 5.91 Å². The van der Waals surface area contributed by atoms with E-state index in [1.165, 1.54) is 141 Å². The van der Waals surface area contributed by atoms with Gasteiger partial charge in [-0.2, -0.15) is 0 Å². The Morgan fingerprint density at radius 2 is 0.975 bits per heavy atom. The van der Waals surface area contributed by atoms with Crippen LogP contribution in [0.25, 0.3) is 0 Å². The van der Waals surface area contributed by atoms with Crippen LogP contribution < -0.4 is 5.32 Å². The monoisotopic (exact) mass is 564 g/mol. The predicted molar refractivity (Wildman–Crippen MR) is 178 cm³/mol. The van der Waals surface area contributed by atoms with Crippen molar-refractivity contribution in [2.24, 2.45) is 5.92 Å². The lowest BCUT2D eigenvalue weighted by Crippen LogP contribution is -2.43. The van der Waals surface area contributed by atoms with Crippen LogP contribution in [0.1, 0.15) is 201 Å². The molecule has 3 heteroatoms. The minimum Gasteiger partial charge on any atom is -0.387 e. The van der Waals surface area contributed by atoms with Crippen molar-refractivity contribution in [2.45, 2.75) is 213 Å².